The highest BCUT2D eigenvalue weighted by molar-refractivity contribution is 5.99. The molecular formula is C20H18N2O5. The van der Waals surface area contributed by atoms with Crippen LogP contribution in [0, 0.1) is 11.3 Å². The van der Waals surface area contributed by atoms with Gasteiger partial charge in [-0.25, -0.2) is 4.79 Å². The lowest BCUT2D eigenvalue weighted by Gasteiger charge is -2.26. The van der Waals surface area contributed by atoms with Crippen LogP contribution in [0.1, 0.15) is 24.2 Å². The zero-order chi connectivity index (χ0) is 19.4. The summed E-state index contributed by atoms with van der Waals surface area (Å²) >= 11 is 0. The molecule has 7 heteroatoms. The summed E-state index contributed by atoms with van der Waals surface area (Å²) in [5.41, 5.74) is 6.82. The molecule has 1 atom stereocenters. The Labute approximate surface area is 156 Å². The molecule has 1 aromatic carbocycles. The van der Waals surface area contributed by atoms with Gasteiger partial charge >= 0.3 is 5.97 Å². The first kappa shape index (κ1) is 18.1. The molecule has 0 fully saturated rings. The smallest absolute Gasteiger partial charge is 0.338 e. The molecule has 1 aromatic heterocycles. The third kappa shape index (κ3) is 3.37. The topological polar surface area (TPSA) is 108 Å². The van der Waals surface area contributed by atoms with Crippen LogP contribution < -0.4 is 10.5 Å². The first-order valence-corrected chi connectivity index (χ1v) is 8.27. The highest BCUT2D eigenvalue weighted by Crippen LogP contribution is 2.43. The van der Waals surface area contributed by atoms with Crippen LogP contribution in [0.3, 0.4) is 0 Å². The van der Waals surface area contributed by atoms with E-state index in [1.54, 1.807) is 50.4 Å². The fourth-order valence-electron chi connectivity index (χ4n) is 2.87. The first-order chi connectivity index (χ1) is 13.1. The SMILES string of the molecule is CCOC(=O)C1=C(c2ccc(OC)cc2)OC(N)=C(C#N)C1c1ccco1. The number of carbonyl (C=O) groups excluding carboxylic acids is 1. The molecule has 0 saturated heterocycles. The van der Waals surface area contributed by atoms with Crippen LogP contribution in [0.2, 0.25) is 0 Å². The minimum atomic E-state index is -0.824. The van der Waals surface area contributed by atoms with Crippen molar-refractivity contribution in [2.75, 3.05) is 13.7 Å². The maximum atomic E-state index is 12.8. The molecule has 1 aliphatic heterocycles. The van der Waals surface area contributed by atoms with Crippen molar-refractivity contribution >= 4 is 11.7 Å². The lowest BCUT2D eigenvalue weighted by atomic mass is 9.85. The maximum absolute atomic E-state index is 12.8. The van der Waals surface area contributed by atoms with Crippen molar-refractivity contribution in [2.24, 2.45) is 5.73 Å². The van der Waals surface area contributed by atoms with Gasteiger partial charge in [0.2, 0.25) is 5.88 Å². The Morgan fingerprint density at radius 1 is 1.30 bits per heavy atom. The molecule has 138 valence electrons. The number of allylic oxidation sites excluding steroid dienone is 1. The molecule has 0 aliphatic carbocycles. The molecule has 0 bridgehead atoms. The van der Waals surface area contributed by atoms with E-state index in [1.165, 1.54) is 6.26 Å². The quantitative estimate of drug-likeness (QED) is 0.810. The predicted octanol–water partition coefficient (Wildman–Crippen LogP) is 3.07. The molecule has 1 aliphatic rings. The van der Waals surface area contributed by atoms with E-state index in [-0.39, 0.29) is 29.4 Å². The van der Waals surface area contributed by atoms with E-state index < -0.39 is 11.9 Å². The highest BCUT2D eigenvalue weighted by Gasteiger charge is 2.39. The molecule has 1 unspecified atom stereocenters. The fraction of sp³-hybridized carbons (Fsp3) is 0.200. The van der Waals surface area contributed by atoms with Crippen LogP contribution in [-0.4, -0.2) is 19.7 Å². The molecule has 0 saturated carbocycles. The Hall–Kier alpha value is -3.66. The molecule has 2 N–H and O–H groups in total. The third-order valence-electron chi connectivity index (χ3n) is 4.10. The molecule has 3 rings (SSSR count). The number of nitrogens with two attached hydrogens (primary N) is 1. The van der Waals surface area contributed by atoms with E-state index in [9.17, 15) is 10.1 Å². The van der Waals surface area contributed by atoms with E-state index >= 15 is 0 Å². The van der Waals surface area contributed by atoms with Gasteiger partial charge in [-0.3, -0.25) is 0 Å². The number of nitriles is 1. The van der Waals surface area contributed by atoms with Crippen LogP contribution in [0.5, 0.6) is 5.75 Å². The number of nitrogens with zero attached hydrogens (tertiary/aromatic N) is 1. The van der Waals surface area contributed by atoms with Crippen molar-refractivity contribution in [3.05, 3.63) is 71.0 Å². The van der Waals surface area contributed by atoms with Crippen molar-refractivity contribution in [3.63, 3.8) is 0 Å². The summed E-state index contributed by atoms with van der Waals surface area (Å²) in [7, 11) is 1.56. The van der Waals surface area contributed by atoms with Crippen molar-refractivity contribution in [2.45, 2.75) is 12.8 Å². The molecule has 27 heavy (non-hydrogen) atoms. The number of methoxy groups -OCH3 is 1. The minimum Gasteiger partial charge on any atom is -0.497 e. The first-order valence-electron chi connectivity index (χ1n) is 8.27. The van der Waals surface area contributed by atoms with Gasteiger partial charge in [0, 0.05) is 5.56 Å². The monoisotopic (exact) mass is 366 g/mol. The molecule has 0 spiro atoms. The maximum Gasteiger partial charge on any atom is 0.338 e. The van der Waals surface area contributed by atoms with Crippen molar-refractivity contribution < 1.29 is 23.4 Å². The predicted molar refractivity (Wildman–Crippen MR) is 95.9 cm³/mol. The average molecular weight is 366 g/mol. The number of hydrogen-bond acceptors (Lipinski definition) is 7. The number of hydrogen-bond donors (Lipinski definition) is 1. The van der Waals surface area contributed by atoms with Gasteiger partial charge in [-0.2, -0.15) is 5.26 Å². The Morgan fingerprint density at radius 3 is 2.59 bits per heavy atom. The van der Waals surface area contributed by atoms with Crippen molar-refractivity contribution in [1.29, 1.82) is 5.26 Å². The van der Waals surface area contributed by atoms with E-state index in [0.717, 1.165) is 0 Å². The summed E-state index contributed by atoms with van der Waals surface area (Å²) in [6, 6.07) is 12.3. The Morgan fingerprint density at radius 2 is 2.04 bits per heavy atom. The van der Waals surface area contributed by atoms with E-state index in [1.807, 2.05) is 6.07 Å². The van der Waals surface area contributed by atoms with Gasteiger partial charge in [-0.15, -0.1) is 0 Å². The number of ether oxygens (including phenoxy) is 3. The van der Waals surface area contributed by atoms with Crippen LogP contribution in [0.25, 0.3) is 5.76 Å². The minimum absolute atomic E-state index is 0.0854. The summed E-state index contributed by atoms with van der Waals surface area (Å²) in [6.07, 6.45) is 1.46. The zero-order valence-electron chi connectivity index (χ0n) is 14.9. The van der Waals surface area contributed by atoms with E-state index in [0.29, 0.717) is 17.1 Å². The summed E-state index contributed by atoms with van der Waals surface area (Å²) in [5, 5.41) is 9.58. The summed E-state index contributed by atoms with van der Waals surface area (Å²) in [6.45, 7) is 1.87. The number of rotatable bonds is 5. The van der Waals surface area contributed by atoms with Gasteiger partial charge in [0.15, 0.2) is 0 Å². The van der Waals surface area contributed by atoms with Gasteiger partial charge in [0.25, 0.3) is 0 Å². The van der Waals surface area contributed by atoms with E-state index in [2.05, 4.69) is 0 Å². The summed E-state index contributed by atoms with van der Waals surface area (Å²) < 4.78 is 21.5. The van der Waals surface area contributed by atoms with Crippen molar-refractivity contribution in [1.82, 2.24) is 0 Å². The molecule has 2 aromatic rings. The Bertz CT molecular complexity index is 934. The van der Waals surface area contributed by atoms with Crippen LogP contribution in [0.4, 0.5) is 0 Å². The Balaban J connectivity index is 2.22. The molecule has 0 amide bonds. The molecule has 2 heterocycles. The van der Waals surface area contributed by atoms with Crippen LogP contribution >= 0.6 is 0 Å². The van der Waals surface area contributed by atoms with Gasteiger partial charge in [-0.1, -0.05) is 0 Å². The molecule has 7 nitrogen and oxygen atoms in total. The molecule has 0 radical (unpaired) electrons. The fourth-order valence-corrected chi connectivity index (χ4v) is 2.87. The summed E-state index contributed by atoms with van der Waals surface area (Å²) in [4.78, 5) is 12.8. The lowest BCUT2D eigenvalue weighted by molar-refractivity contribution is -0.138. The zero-order valence-corrected chi connectivity index (χ0v) is 14.9. The Kier molecular flexibility index (Phi) is 5.18. The van der Waals surface area contributed by atoms with Crippen LogP contribution in [-0.2, 0) is 14.3 Å². The third-order valence-corrected chi connectivity index (χ3v) is 4.10. The lowest BCUT2D eigenvalue weighted by Crippen LogP contribution is -2.25. The van der Waals surface area contributed by atoms with Gasteiger partial charge in [-0.05, 0) is 43.3 Å². The molecular weight excluding hydrogens is 348 g/mol. The number of esters is 1. The number of furan rings is 1. The number of benzene rings is 1. The van der Waals surface area contributed by atoms with Crippen molar-refractivity contribution in [3.8, 4) is 11.8 Å². The second-order valence-corrected chi connectivity index (χ2v) is 5.63. The average Bonchev–Trinajstić information content (AvgIpc) is 3.21. The van der Waals surface area contributed by atoms with Gasteiger partial charge < -0.3 is 24.4 Å². The van der Waals surface area contributed by atoms with Gasteiger partial charge in [0.05, 0.1) is 31.5 Å². The van der Waals surface area contributed by atoms with Crippen LogP contribution in [0.15, 0.2) is 64.1 Å². The number of carbonyl (C=O) groups is 1. The van der Waals surface area contributed by atoms with E-state index in [4.69, 9.17) is 24.4 Å². The van der Waals surface area contributed by atoms with Gasteiger partial charge in [0.1, 0.15) is 28.9 Å². The second-order valence-electron chi connectivity index (χ2n) is 5.63. The second kappa shape index (κ2) is 7.70. The standard InChI is InChI=1S/C20H18N2O5/c1-3-25-20(23)17-16(15-5-4-10-26-15)14(11-21)19(22)27-18(17)12-6-8-13(24-2)9-7-12/h4-10,16H,3,22H2,1-2H3. The normalized spacial score (nSPS) is 16.6. The largest absolute Gasteiger partial charge is 0.497 e. The summed E-state index contributed by atoms with van der Waals surface area (Å²) in [5.74, 6) is -0.254. The highest BCUT2D eigenvalue weighted by atomic mass is 16.5.